The Morgan fingerprint density at radius 2 is 0.300 bits per heavy atom. The number of rotatable bonds is 0. The van der Waals surface area contributed by atoms with Crippen molar-refractivity contribution < 1.29 is 0 Å². The van der Waals surface area contributed by atoms with E-state index in [1.165, 1.54) is 0 Å². The summed E-state index contributed by atoms with van der Waals surface area (Å²) in [7, 11) is 0. The number of allylic oxidation sites excluding steroid dienone is 28. The first-order chi connectivity index (χ1) is 15.0. The lowest BCUT2D eigenvalue weighted by molar-refractivity contribution is 1.05. The smallest absolute Gasteiger partial charge is 0.0313 e. The van der Waals surface area contributed by atoms with Gasteiger partial charge in [-0.2, -0.15) is 0 Å². The fourth-order valence-electron chi connectivity index (χ4n) is 2.08. The molecule has 152 valence electrons. The summed E-state index contributed by atoms with van der Waals surface area (Å²) in [5, 5.41) is 0. The predicted octanol–water partition coefficient (Wildman–Crippen LogP) is 8.57. The van der Waals surface area contributed by atoms with Gasteiger partial charge in [-0.25, -0.2) is 0 Å². The van der Waals surface area contributed by atoms with Crippen molar-refractivity contribution in [2.24, 2.45) is 0 Å². The molecule has 0 aliphatic heterocycles. The lowest BCUT2D eigenvalue weighted by Crippen LogP contribution is -1.63. The van der Waals surface area contributed by atoms with Gasteiger partial charge in [0.05, 0.1) is 0 Å². The summed E-state index contributed by atoms with van der Waals surface area (Å²) >= 11 is 0. The fourth-order valence-corrected chi connectivity index (χ4v) is 2.08. The molecule has 0 atom stereocenters. The van der Waals surface area contributed by atoms with E-state index in [1.54, 1.807) is 0 Å². The van der Waals surface area contributed by atoms with Crippen LogP contribution >= 0.6 is 0 Å². The Hall–Kier alpha value is -3.64. The minimum absolute atomic E-state index is 1.04. The van der Waals surface area contributed by atoms with Crippen molar-refractivity contribution in [3.8, 4) is 0 Å². The summed E-state index contributed by atoms with van der Waals surface area (Å²) in [5.41, 5.74) is 0. The third kappa shape index (κ3) is 19.1. The van der Waals surface area contributed by atoms with Gasteiger partial charge in [-0.05, 0) is 12.8 Å². The van der Waals surface area contributed by atoms with E-state index in [4.69, 9.17) is 0 Å². The van der Waals surface area contributed by atoms with Crippen LogP contribution in [0.2, 0.25) is 0 Å². The van der Waals surface area contributed by atoms with E-state index in [0.717, 1.165) is 12.8 Å². The Morgan fingerprint density at radius 3 is 0.467 bits per heavy atom. The number of hydrogen-bond donors (Lipinski definition) is 0. The van der Waals surface area contributed by atoms with Crippen molar-refractivity contribution in [2.75, 3.05) is 0 Å². The van der Waals surface area contributed by atoms with E-state index < -0.39 is 0 Å². The first kappa shape index (κ1) is 24.4. The standard InChI is InChI=1S/C30H32/c1-2-4-6-8-10-12-14-16-18-20-22-24-26-28-30-29-27-25-23-21-19-17-15-13-11-9-7-5-3-1/h1-28H,29-30H2. The molecule has 1 aliphatic rings. The highest BCUT2D eigenvalue weighted by molar-refractivity contribution is 5.23. The van der Waals surface area contributed by atoms with Gasteiger partial charge in [0.2, 0.25) is 0 Å². The molecule has 30 heavy (non-hydrogen) atoms. The lowest BCUT2D eigenvalue weighted by atomic mass is 10.2. The van der Waals surface area contributed by atoms with Gasteiger partial charge in [0, 0.05) is 0 Å². The first-order valence-electron chi connectivity index (χ1n) is 10.3. The SMILES string of the molecule is C1=CC=CC=CC=CC=CC=CC=CCCC=CC=CC=CC=CC=CC=CC=C1. The molecule has 0 radical (unpaired) electrons. The third-order valence-electron chi connectivity index (χ3n) is 3.55. The van der Waals surface area contributed by atoms with Crippen LogP contribution in [0.1, 0.15) is 12.8 Å². The molecule has 0 unspecified atom stereocenters. The zero-order chi connectivity index (χ0) is 21.2. The van der Waals surface area contributed by atoms with Gasteiger partial charge in [0.15, 0.2) is 0 Å². The molecule has 0 nitrogen and oxygen atoms in total. The van der Waals surface area contributed by atoms with Gasteiger partial charge in [-0.1, -0.05) is 170 Å². The molecule has 0 amide bonds. The van der Waals surface area contributed by atoms with Crippen LogP contribution in [0.25, 0.3) is 0 Å². The zero-order valence-corrected chi connectivity index (χ0v) is 17.6. The molecule has 0 fully saturated rings. The minimum Gasteiger partial charge on any atom is -0.0842 e. The van der Waals surface area contributed by atoms with E-state index in [1.807, 2.05) is 134 Å². The predicted molar refractivity (Wildman–Crippen MR) is 137 cm³/mol. The maximum atomic E-state index is 2.18. The van der Waals surface area contributed by atoms with E-state index in [9.17, 15) is 0 Å². The third-order valence-corrected chi connectivity index (χ3v) is 3.55. The van der Waals surface area contributed by atoms with Gasteiger partial charge in [-0.15, -0.1) is 0 Å². The topological polar surface area (TPSA) is 0 Å². The van der Waals surface area contributed by atoms with Crippen LogP contribution in [-0.2, 0) is 0 Å². The van der Waals surface area contributed by atoms with Crippen LogP contribution < -0.4 is 0 Å². The summed E-state index contributed by atoms with van der Waals surface area (Å²) in [6.45, 7) is 0. The molecule has 0 N–H and O–H groups in total. The molecule has 0 aromatic heterocycles. The summed E-state index contributed by atoms with van der Waals surface area (Å²) in [5.74, 6) is 0. The Morgan fingerprint density at radius 1 is 0.167 bits per heavy atom. The van der Waals surface area contributed by atoms with Gasteiger partial charge in [-0.3, -0.25) is 0 Å². The maximum Gasteiger partial charge on any atom is -0.0313 e. The van der Waals surface area contributed by atoms with Gasteiger partial charge >= 0.3 is 0 Å². The van der Waals surface area contributed by atoms with Crippen LogP contribution in [0.4, 0.5) is 0 Å². The van der Waals surface area contributed by atoms with Crippen molar-refractivity contribution in [2.45, 2.75) is 12.8 Å². The zero-order valence-electron chi connectivity index (χ0n) is 17.6. The highest BCUT2D eigenvalue weighted by atomic mass is 13.8. The summed E-state index contributed by atoms with van der Waals surface area (Å²) < 4.78 is 0. The minimum atomic E-state index is 1.04. The molecule has 0 aromatic rings. The molecule has 0 aromatic carbocycles. The molecule has 1 rings (SSSR count). The Kier molecular flexibility index (Phi) is 17.6. The van der Waals surface area contributed by atoms with Crippen LogP contribution in [-0.4, -0.2) is 0 Å². The fraction of sp³-hybridized carbons (Fsp3) is 0.0667. The van der Waals surface area contributed by atoms with Crippen molar-refractivity contribution in [1.29, 1.82) is 0 Å². The molecule has 0 heterocycles. The second-order valence-corrected chi connectivity index (χ2v) is 6.05. The molecule has 0 saturated carbocycles. The van der Waals surface area contributed by atoms with E-state index in [2.05, 4.69) is 36.5 Å². The highest BCUT2D eigenvalue weighted by Gasteiger charge is 1.74. The van der Waals surface area contributed by atoms with Crippen molar-refractivity contribution >= 4 is 0 Å². The summed E-state index contributed by atoms with van der Waals surface area (Å²) in [6.07, 6.45) is 59.0. The van der Waals surface area contributed by atoms with E-state index >= 15 is 0 Å². The summed E-state index contributed by atoms with van der Waals surface area (Å²) in [6, 6.07) is 0. The van der Waals surface area contributed by atoms with E-state index in [0.29, 0.717) is 0 Å². The Labute approximate surface area is 183 Å². The quantitative estimate of drug-likeness (QED) is 0.387. The van der Waals surface area contributed by atoms with Crippen molar-refractivity contribution in [3.05, 3.63) is 170 Å². The molecular formula is C30H32. The second kappa shape index (κ2) is 21.7. The van der Waals surface area contributed by atoms with Crippen molar-refractivity contribution in [3.63, 3.8) is 0 Å². The largest absolute Gasteiger partial charge is 0.0842 e. The van der Waals surface area contributed by atoms with Crippen LogP contribution in [0.15, 0.2) is 170 Å². The second-order valence-electron chi connectivity index (χ2n) is 6.05. The number of hydrogen-bond acceptors (Lipinski definition) is 0. The monoisotopic (exact) mass is 392 g/mol. The molecule has 0 spiro atoms. The molecule has 0 saturated heterocycles. The highest BCUT2D eigenvalue weighted by Crippen LogP contribution is 1.94. The van der Waals surface area contributed by atoms with Gasteiger partial charge < -0.3 is 0 Å². The lowest BCUT2D eigenvalue weighted by Gasteiger charge is -1.84. The molecular weight excluding hydrogens is 360 g/mol. The average Bonchev–Trinajstić information content (AvgIpc) is 2.76. The van der Waals surface area contributed by atoms with Crippen molar-refractivity contribution in [1.82, 2.24) is 0 Å². The normalized spacial score (nSPS) is 16.5. The molecule has 0 bridgehead atoms. The van der Waals surface area contributed by atoms with Gasteiger partial charge in [0.25, 0.3) is 0 Å². The maximum absolute atomic E-state index is 2.18. The first-order valence-corrected chi connectivity index (χ1v) is 10.3. The van der Waals surface area contributed by atoms with E-state index in [-0.39, 0.29) is 0 Å². The average molecular weight is 393 g/mol. The van der Waals surface area contributed by atoms with Crippen LogP contribution in [0.5, 0.6) is 0 Å². The van der Waals surface area contributed by atoms with Crippen LogP contribution in [0.3, 0.4) is 0 Å². The Balaban J connectivity index is 2.61. The molecule has 0 heteroatoms. The van der Waals surface area contributed by atoms with Gasteiger partial charge in [0.1, 0.15) is 0 Å². The van der Waals surface area contributed by atoms with Crippen LogP contribution in [0, 0.1) is 0 Å². The Bertz CT molecular complexity index is 760. The molecule has 1 aliphatic carbocycles. The summed E-state index contributed by atoms with van der Waals surface area (Å²) in [4.78, 5) is 0.